The molecule has 2 rings (SSSR count). The second-order valence-corrected chi connectivity index (χ2v) is 5.48. The van der Waals surface area contributed by atoms with Gasteiger partial charge in [0.15, 0.2) is 12.6 Å². The lowest BCUT2D eigenvalue weighted by Crippen LogP contribution is -2.38. The fourth-order valence-electron chi connectivity index (χ4n) is 2.32. The zero-order chi connectivity index (χ0) is 16.7. The lowest BCUT2D eigenvalue weighted by Gasteiger charge is -2.21. The van der Waals surface area contributed by atoms with E-state index in [1.807, 2.05) is 0 Å². The summed E-state index contributed by atoms with van der Waals surface area (Å²) in [5.41, 5.74) is 6.76. The molecular formula is C15H22F3IN4O. The number of hydrogen-bond donors (Lipinski definition) is 1. The van der Waals surface area contributed by atoms with Crippen molar-refractivity contribution in [1.82, 2.24) is 9.88 Å². The van der Waals surface area contributed by atoms with E-state index in [2.05, 4.69) is 19.6 Å². The van der Waals surface area contributed by atoms with Crippen LogP contribution in [0.3, 0.4) is 0 Å². The second-order valence-electron chi connectivity index (χ2n) is 5.48. The zero-order valence-electron chi connectivity index (χ0n) is 13.3. The van der Waals surface area contributed by atoms with Crippen molar-refractivity contribution in [2.75, 3.05) is 19.7 Å². The number of nitrogens with two attached hydrogens (primary N) is 1. The standard InChI is InChI=1S/C15H21F3N4O.HI/c16-15(17,18)11-23-13-6-5-12(9-20-13)10-21-14(19)22-7-3-1-2-4-8-22;/h5-6,9H,1-4,7-8,10-11H2,(H2,19,21);1H. The number of aromatic nitrogens is 1. The van der Waals surface area contributed by atoms with E-state index in [9.17, 15) is 13.2 Å². The van der Waals surface area contributed by atoms with Crippen molar-refractivity contribution in [1.29, 1.82) is 0 Å². The van der Waals surface area contributed by atoms with Crippen molar-refractivity contribution < 1.29 is 17.9 Å². The molecule has 24 heavy (non-hydrogen) atoms. The minimum Gasteiger partial charge on any atom is -0.468 e. The van der Waals surface area contributed by atoms with Gasteiger partial charge in [-0.25, -0.2) is 9.98 Å². The molecule has 1 fully saturated rings. The fraction of sp³-hybridized carbons (Fsp3) is 0.600. The van der Waals surface area contributed by atoms with Crippen LogP contribution in [0.25, 0.3) is 0 Å². The topological polar surface area (TPSA) is 63.7 Å². The molecule has 1 saturated heterocycles. The number of aliphatic imine (C=N–C) groups is 1. The fourth-order valence-corrected chi connectivity index (χ4v) is 2.32. The second kappa shape index (κ2) is 9.90. The summed E-state index contributed by atoms with van der Waals surface area (Å²) in [6.45, 7) is 0.823. The maximum absolute atomic E-state index is 12.0. The molecule has 0 bridgehead atoms. The number of hydrogen-bond acceptors (Lipinski definition) is 3. The van der Waals surface area contributed by atoms with Gasteiger partial charge in [0.05, 0.1) is 6.54 Å². The molecule has 9 heteroatoms. The molecule has 136 valence electrons. The Morgan fingerprint density at radius 2 is 1.88 bits per heavy atom. The zero-order valence-corrected chi connectivity index (χ0v) is 15.6. The summed E-state index contributed by atoms with van der Waals surface area (Å²) < 4.78 is 40.7. The van der Waals surface area contributed by atoms with Gasteiger partial charge in [-0.05, 0) is 18.4 Å². The number of halogens is 4. The van der Waals surface area contributed by atoms with Crippen LogP contribution in [-0.4, -0.2) is 41.7 Å². The third kappa shape index (κ3) is 7.54. The van der Waals surface area contributed by atoms with Gasteiger partial charge in [-0.2, -0.15) is 13.2 Å². The predicted molar refractivity (Wildman–Crippen MR) is 96.6 cm³/mol. The van der Waals surface area contributed by atoms with E-state index in [0.717, 1.165) is 31.5 Å². The molecule has 0 unspecified atom stereocenters. The van der Waals surface area contributed by atoms with Crippen LogP contribution in [-0.2, 0) is 6.54 Å². The molecule has 1 aromatic rings. The average Bonchev–Trinajstić information content (AvgIpc) is 2.80. The van der Waals surface area contributed by atoms with Crippen LogP contribution in [0.4, 0.5) is 13.2 Å². The molecule has 1 aromatic heterocycles. The van der Waals surface area contributed by atoms with E-state index >= 15 is 0 Å². The quantitative estimate of drug-likeness (QED) is 0.427. The van der Waals surface area contributed by atoms with Crippen LogP contribution in [0.15, 0.2) is 23.3 Å². The average molecular weight is 458 g/mol. The first kappa shape index (κ1) is 20.8. The van der Waals surface area contributed by atoms with Gasteiger partial charge in [0.1, 0.15) is 0 Å². The summed E-state index contributed by atoms with van der Waals surface area (Å²) in [4.78, 5) is 10.2. The monoisotopic (exact) mass is 458 g/mol. The number of ether oxygens (including phenoxy) is 1. The Kier molecular flexibility index (Phi) is 8.57. The Bertz CT molecular complexity index is 514. The lowest BCUT2D eigenvalue weighted by atomic mass is 10.2. The first-order chi connectivity index (χ1) is 10.9. The highest BCUT2D eigenvalue weighted by atomic mass is 127. The Labute approximate surface area is 156 Å². The van der Waals surface area contributed by atoms with Crippen LogP contribution in [0, 0.1) is 0 Å². The summed E-state index contributed by atoms with van der Waals surface area (Å²) in [7, 11) is 0. The van der Waals surface area contributed by atoms with Gasteiger partial charge < -0.3 is 15.4 Å². The highest BCUT2D eigenvalue weighted by Crippen LogP contribution is 2.17. The van der Waals surface area contributed by atoms with Crippen molar-refractivity contribution >= 4 is 29.9 Å². The van der Waals surface area contributed by atoms with Gasteiger partial charge in [0, 0.05) is 25.4 Å². The molecule has 0 saturated carbocycles. The predicted octanol–water partition coefficient (Wildman–Crippen LogP) is 3.33. The van der Waals surface area contributed by atoms with Gasteiger partial charge in [0.2, 0.25) is 5.88 Å². The van der Waals surface area contributed by atoms with Crippen molar-refractivity contribution in [3.05, 3.63) is 23.9 Å². The molecule has 0 spiro atoms. The lowest BCUT2D eigenvalue weighted by molar-refractivity contribution is -0.154. The number of nitrogens with zero attached hydrogens (tertiary/aromatic N) is 3. The molecule has 5 nitrogen and oxygen atoms in total. The highest BCUT2D eigenvalue weighted by Gasteiger charge is 2.28. The molecule has 2 heterocycles. The first-order valence-electron chi connectivity index (χ1n) is 7.63. The number of pyridine rings is 1. The molecule has 0 atom stereocenters. The maximum Gasteiger partial charge on any atom is 0.422 e. The Morgan fingerprint density at radius 1 is 1.21 bits per heavy atom. The minimum absolute atomic E-state index is 0. The molecule has 2 N–H and O–H groups in total. The van der Waals surface area contributed by atoms with Crippen LogP contribution >= 0.6 is 24.0 Å². The minimum atomic E-state index is -4.37. The van der Waals surface area contributed by atoms with Crippen LogP contribution < -0.4 is 10.5 Å². The van der Waals surface area contributed by atoms with Crippen molar-refractivity contribution in [2.45, 2.75) is 38.4 Å². The summed E-state index contributed by atoms with van der Waals surface area (Å²) in [6.07, 6.45) is 1.74. The molecule has 0 aromatic carbocycles. The van der Waals surface area contributed by atoms with E-state index in [-0.39, 0.29) is 29.9 Å². The molecular weight excluding hydrogens is 436 g/mol. The highest BCUT2D eigenvalue weighted by molar-refractivity contribution is 14.0. The SMILES string of the molecule is I.NC(=NCc1ccc(OCC(F)(F)F)nc1)N1CCCCCC1. The van der Waals surface area contributed by atoms with E-state index in [0.29, 0.717) is 12.5 Å². The largest absolute Gasteiger partial charge is 0.468 e. The molecule has 1 aliphatic rings. The first-order valence-corrected chi connectivity index (χ1v) is 7.63. The molecule has 0 aliphatic carbocycles. The Balaban J connectivity index is 0.00000288. The van der Waals surface area contributed by atoms with Crippen molar-refractivity contribution in [2.24, 2.45) is 10.7 Å². The van der Waals surface area contributed by atoms with E-state index in [4.69, 9.17) is 5.73 Å². The van der Waals surface area contributed by atoms with Gasteiger partial charge in [0.25, 0.3) is 0 Å². The number of alkyl halides is 3. The van der Waals surface area contributed by atoms with E-state index in [1.54, 1.807) is 6.07 Å². The molecule has 0 amide bonds. The van der Waals surface area contributed by atoms with Crippen molar-refractivity contribution in [3.63, 3.8) is 0 Å². The molecule has 1 aliphatic heterocycles. The van der Waals surface area contributed by atoms with Crippen molar-refractivity contribution in [3.8, 4) is 5.88 Å². The van der Waals surface area contributed by atoms with Gasteiger partial charge in [-0.3, -0.25) is 0 Å². The number of likely N-dealkylation sites (tertiary alicyclic amines) is 1. The smallest absolute Gasteiger partial charge is 0.422 e. The van der Waals surface area contributed by atoms with E-state index in [1.165, 1.54) is 25.1 Å². The summed E-state index contributed by atoms with van der Waals surface area (Å²) >= 11 is 0. The van der Waals surface area contributed by atoms with Crippen LogP contribution in [0.1, 0.15) is 31.2 Å². The normalized spacial score (nSPS) is 16.3. The van der Waals surface area contributed by atoms with Gasteiger partial charge >= 0.3 is 6.18 Å². The maximum atomic E-state index is 12.0. The molecule has 0 radical (unpaired) electrons. The van der Waals surface area contributed by atoms with Crippen LogP contribution in [0.2, 0.25) is 0 Å². The number of rotatable bonds is 4. The number of guanidine groups is 1. The third-order valence-electron chi connectivity index (χ3n) is 3.54. The van der Waals surface area contributed by atoms with Crippen LogP contribution in [0.5, 0.6) is 5.88 Å². The summed E-state index contributed by atoms with van der Waals surface area (Å²) in [5, 5.41) is 0. The summed E-state index contributed by atoms with van der Waals surface area (Å²) in [5.74, 6) is 0.444. The third-order valence-corrected chi connectivity index (χ3v) is 3.54. The van der Waals surface area contributed by atoms with Gasteiger partial charge in [-0.15, -0.1) is 24.0 Å². The Morgan fingerprint density at radius 3 is 2.42 bits per heavy atom. The van der Waals surface area contributed by atoms with E-state index < -0.39 is 12.8 Å². The van der Waals surface area contributed by atoms with Gasteiger partial charge in [-0.1, -0.05) is 18.9 Å². The summed E-state index contributed by atoms with van der Waals surface area (Å²) in [6, 6.07) is 3.04. The Hall–Kier alpha value is -1.26.